The third-order valence-electron chi connectivity index (χ3n) is 4.29. The second-order valence-electron chi connectivity index (χ2n) is 6.51. The van der Waals surface area contributed by atoms with Crippen molar-refractivity contribution >= 4 is 0 Å². The van der Waals surface area contributed by atoms with Crippen molar-refractivity contribution in [3.8, 4) is 0 Å². The Balaban J connectivity index is 2.30. The first-order valence-corrected chi connectivity index (χ1v) is 8.10. The molecule has 1 aromatic rings. The van der Waals surface area contributed by atoms with Crippen molar-refractivity contribution in [2.45, 2.75) is 38.9 Å². The predicted molar refractivity (Wildman–Crippen MR) is 82.7 cm³/mol. The number of piperazine rings is 1. The minimum absolute atomic E-state index is 0.0961. The largest absolute Gasteiger partial charge is 0.419 e. The van der Waals surface area contributed by atoms with Gasteiger partial charge < -0.3 is 5.32 Å². The van der Waals surface area contributed by atoms with Crippen LogP contribution < -0.4 is 5.32 Å². The van der Waals surface area contributed by atoms with Crippen molar-refractivity contribution in [2.75, 3.05) is 26.2 Å². The molecule has 1 aliphatic heterocycles. The van der Waals surface area contributed by atoms with E-state index in [1.54, 1.807) is 0 Å². The molecule has 6 heteroatoms. The summed E-state index contributed by atoms with van der Waals surface area (Å²) in [5.74, 6) is -0.730. The molecule has 1 N–H and O–H groups in total. The lowest BCUT2D eigenvalue weighted by atomic mass is 9.94. The second kappa shape index (κ2) is 7.62. The van der Waals surface area contributed by atoms with E-state index in [0.717, 1.165) is 51.2 Å². The second-order valence-corrected chi connectivity index (χ2v) is 6.51. The van der Waals surface area contributed by atoms with Gasteiger partial charge in [-0.1, -0.05) is 19.9 Å². The van der Waals surface area contributed by atoms with Crippen LogP contribution in [0, 0.1) is 11.7 Å². The first-order chi connectivity index (χ1) is 10.8. The van der Waals surface area contributed by atoms with Crippen molar-refractivity contribution in [3.05, 3.63) is 35.1 Å². The summed E-state index contributed by atoms with van der Waals surface area (Å²) in [5, 5.41) is 3.25. The third-order valence-corrected chi connectivity index (χ3v) is 4.29. The van der Waals surface area contributed by atoms with Crippen molar-refractivity contribution < 1.29 is 17.6 Å². The van der Waals surface area contributed by atoms with Crippen LogP contribution in [0.15, 0.2) is 18.2 Å². The molecule has 1 atom stereocenters. The summed E-state index contributed by atoms with van der Waals surface area (Å²) in [6.07, 6.45) is -2.96. The Morgan fingerprint density at radius 2 is 1.78 bits per heavy atom. The van der Waals surface area contributed by atoms with Crippen LogP contribution in [0.1, 0.15) is 43.9 Å². The zero-order chi connectivity index (χ0) is 17.0. The van der Waals surface area contributed by atoms with Gasteiger partial charge in [-0.2, -0.15) is 13.2 Å². The number of nitrogens with one attached hydrogen (secondary N) is 1. The van der Waals surface area contributed by atoms with Gasteiger partial charge in [0.2, 0.25) is 0 Å². The summed E-state index contributed by atoms with van der Waals surface area (Å²) in [6.45, 7) is 7.43. The van der Waals surface area contributed by atoms with Crippen molar-refractivity contribution in [1.29, 1.82) is 0 Å². The molecule has 23 heavy (non-hydrogen) atoms. The quantitative estimate of drug-likeness (QED) is 0.812. The van der Waals surface area contributed by atoms with E-state index in [1.807, 2.05) is 0 Å². The van der Waals surface area contributed by atoms with E-state index >= 15 is 0 Å². The molecule has 1 saturated heterocycles. The molecule has 0 amide bonds. The maximum absolute atomic E-state index is 13.5. The van der Waals surface area contributed by atoms with Crippen LogP contribution in [-0.2, 0) is 6.18 Å². The fraction of sp³-hybridized carbons (Fsp3) is 0.647. The molecule has 1 fully saturated rings. The molecule has 0 radical (unpaired) electrons. The van der Waals surface area contributed by atoms with Gasteiger partial charge in [0.25, 0.3) is 0 Å². The Labute approximate surface area is 134 Å². The number of benzene rings is 1. The van der Waals surface area contributed by atoms with Gasteiger partial charge in [0.15, 0.2) is 0 Å². The van der Waals surface area contributed by atoms with E-state index in [9.17, 15) is 17.6 Å². The van der Waals surface area contributed by atoms with Gasteiger partial charge in [-0.3, -0.25) is 4.90 Å². The highest BCUT2D eigenvalue weighted by molar-refractivity contribution is 5.29. The summed E-state index contributed by atoms with van der Waals surface area (Å²) in [5.41, 5.74) is -0.610. The minimum Gasteiger partial charge on any atom is -0.314 e. The van der Waals surface area contributed by atoms with Crippen molar-refractivity contribution in [2.24, 2.45) is 5.92 Å². The zero-order valence-corrected chi connectivity index (χ0v) is 13.6. The van der Waals surface area contributed by atoms with Crippen LogP contribution in [0.5, 0.6) is 0 Å². The highest BCUT2D eigenvalue weighted by Crippen LogP contribution is 2.35. The molecule has 1 aliphatic rings. The van der Waals surface area contributed by atoms with Gasteiger partial charge in [0, 0.05) is 32.2 Å². The Bertz CT molecular complexity index is 508. The van der Waals surface area contributed by atoms with Crippen LogP contribution in [-0.4, -0.2) is 31.1 Å². The topological polar surface area (TPSA) is 15.3 Å². The molecule has 1 aromatic carbocycles. The fourth-order valence-electron chi connectivity index (χ4n) is 3.01. The number of rotatable bonds is 5. The Hall–Kier alpha value is -1.14. The summed E-state index contributed by atoms with van der Waals surface area (Å²) >= 11 is 0. The number of hydrogen-bond acceptors (Lipinski definition) is 2. The molecular formula is C17H24F4N2. The van der Waals surface area contributed by atoms with Crippen molar-refractivity contribution in [3.63, 3.8) is 0 Å². The molecule has 0 aliphatic carbocycles. The van der Waals surface area contributed by atoms with Crippen molar-refractivity contribution in [1.82, 2.24) is 10.2 Å². The van der Waals surface area contributed by atoms with E-state index in [4.69, 9.17) is 0 Å². The van der Waals surface area contributed by atoms with E-state index < -0.39 is 17.6 Å². The molecule has 0 spiro atoms. The van der Waals surface area contributed by atoms with Crippen LogP contribution in [0.2, 0.25) is 0 Å². The Morgan fingerprint density at radius 1 is 1.13 bits per heavy atom. The van der Waals surface area contributed by atoms with E-state index in [2.05, 4.69) is 24.1 Å². The van der Waals surface area contributed by atoms with E-state index in [-0.39, 0.29) is 6.04 Å². The lowest BCUT2D eigenvalue weighted by Gasteiger charge is -2.36. The van der Waals surface area contributed by atoms with Gasteiger partial charge >= 0.3 is 6.18 Å². The molecule has 2 rings (SSSR count). The summed E-state index contributed by atoms with van der Waals surface area (Å²) in [6, 6.07) is 3.34. The molecular weight excluding hydrogens is 308 g/mol. The van der Waals surface area contributed by atoms with Gasteiger partial charge in [-0.05, 0) is 36.5 Å². The van der Waals surface area contributed by atoms with Gasteiger partial charge in [-0.15, -0.1) is 0 Å². The Morgan fingerprint density at radius 3 is 2.35 bits per heavy atom. The normalized spacial score (nSPS) is 18.4. The standard InChI is InChI=1S/C17H24F4N2/c1-12(2)3-6-16(23-9-7-22-8-10-23)13-4-5-15(18)14(11-13)17(19,20)21/h4-5,11-12,16,22H,3,6-10H2,1-2H3/t16-/m1/s1. The highest BCUT2D eigenvalue weighted by Gasteiger charge is 2.35. The maximum atomic E-state index is 13.5. The molecule has 0 unspecified atom stereocenters. The van der Waals surface area contributed by atoms with Gasteiger partial charge in [0.1, 0.15) is 5.82 Å². The summed E-state index contributed by atoms with van der Waals surface area (Å²) < 4.78 is 52.5. The molecule has 130 valence electrons. The third kappa shape index (κ3) is 4.91. The Kier molecular flexibility index (Phi) is 6.03. The first kappa shape index (κ1) is 18.2. The number of nitrogens with zero attached hydrogens (tertiary/aromatic N) is 1. The molecule has 0 saturated carbocycles. The smallest absolute Gasteiger partial charge is 0.314 e. The highest BCUT2D eigenvalue weighted by atomic mass is 19.4. The SMILES string of the molecule is CC(C)CC[C@H](c1ccc(F)c(C(F)(F)F)c1)N1CCNCC1. The lowest BCUT2D eigenvalue weighted by Crippen LogP contribution is -2.45. The average molecular weight is 332 g/mol. The monoisotopic (exact) mass is 332 g/mol. The van der Waals surface area contributed by atoms with E-state index in [1.165, 1.54) is 6.07 Å². The molecule has 1 heterocycles. The molecule has 2 nitrogen and oxygen atoms in total. The zero-order valence-electron chi connectivity index (χ0n) is 13.6. The molecule has 0 aromatic heterocycles. The van der Waals surface area contributed by atoms with Crippen LogP contribution in [0.4, 0.5) is 17.6 Å². The van der Waals surface area contributed by atoms with Gasteiger partial charge in [-0.25, -0.2) is 4.39 Å². The number of halogens is 4. The fourth-order valence-corrected chi connectivity index (χ4v) is 3.01. The van der Waals surface area contributed by atoms with Gasteiger partial charge in [0.05, 0.1) is 5.56 Å². The first-order valence-electron chi connectivity index (χ1n) is 8.10. The summed E-state index contributed by atoms with van der Waals surface area (Å²) in [7, 11) is 0. The summed E-state index contributed by atoms with van der Waals surface area (Å²) in [4.78, 5) is 2.20. The average Bonchev–Trinajstić information content (AvgIpc) is 2.48. The number of alkyl halides is 3. The van der Waals surface area contributed by atoms with Crippen LogP contribution >= 0.6 is 0 Å². The van der Waals surface area contributed by atoms with E-state index in [0.29, 0.717) is 11.5 Å². The molecule has 0 bridgehead atoms. The predicted octanol–water partition coefficient (Wildman–Crippen LogP) is 4.23. The van der Waals surface area contributed by atoms with Crippen LogP contribution in [0.25, 0.3) is 0 Å². The maximum Gasteiger partial charge on any atom is 0.419 e. The lowest BCUT2D eigenvalue weighted by molar-refractivity contribution is -0.140. The minimum atomic E-state index is -4.66. The number of hydrogen-bond donors (Lipinski definition) is 1. The van der Waals surface area contributed by atoms with Crippen LogP contribution in [0.3, 0.4) is 0 Å².